The molecule has 10 heavy (non-hydrogen) atoms. The molecule has 0 aliphatic heterocycles. The van der Waals surface area contributed by atoms with Gasteiger partial charge in [-0.15, -0.1) is 11.3 Å². The van der Waals surface area contributed by atoms with Crippen LogP contribution in [0.25, 0.3) is 0 Å². The van der Waals surface area contributed by atoms with Crippen LogP contribution in [-0.2, 0) is 0 Å². The molecule has 0 fully saturated rings. The van der Waals surface area contributed by atoms with E-state index in [1.165, 1.54) is 11.3 Å². The summed E-state index contributed by atoms with van der Waals surface area (Å²) in [5, 5.41) is 2.42. The lowest BCUT2D eigenvalue weighted by Crippen LogP contribution is -1.82. The van der Waals surface area contributed by atoms with Crippen molar-refractivity contribution in [3.8, 4) is 5.06 Å². The van der Waals surface area contributed by atoms with Gasteiger partial charge in [0.25, 0.3) is 0 Å². The van der Waals surface area contributed by atoms with Crippen molar-refractivity contribution in [2.45, 2.75) is 6.92 Å². The predicted octanol–water partition coefficient (Wildman–Crippen LogP) is 1.65. The molecule has 1 rings (SSSR count). The van der Waals surface area contributed by atoms with Gasteiger partial charge in [-0.3, -0.25) is 0 Å². The fraction of sp³-hybridized carbons (Fsp3) is 0.200. The predicted molar refractivity (Wildman–Crippen MR) is 41.0 cm³/mol. The molecule has 0 unspecified atom stereocenters. The Kier molecular flexibility index (Phi) is 2.63. The first-order valence-corrected chi connectivity index (χ1v) is 4.64. The lowest BCUT2D eigenvalue weighted by atomic mass is 10.4. The fourth-order valence-corrected chi connectivity index (χ4v) is 1.84. The summed E-state index contributed by atoms with van der Waals surface area (Å²) in [6.45, 7) is 1.85. The number of hydrogen-bond donors (Lipinski definition) is 2. The monoisotopic (exact) mass is 178 g/mol. The standard InChI is InChI=1S/C5H7O3PS/c1-4-2-3-10-5(4)8-9(6)7/h2-3,6-7H,1H3. The van der Waals surface area contributed by atoms with Crippen LogP contribution in [0, 0.1) is 6.92 Å². The molecule has 0 radical (unpaired) electrons. The second-order valence-corrected chi connectivity index (χ2v) is 3.30. The quantitative estimate of drug-likeness (QED) is 0.677. The number of thiophene rings is 1. The van der Waals surface area contributed by atoms with Crippen LogP contribution in [0.15, 0.2) is 11.4 Å². The minimum absolute atomic E-state index is 0.580. The molecule has 0 aliphatic carbocycles. The number of rotatable bonds is 2. The molecule has 3 nitrogen and oxygen atoms in total. The summed E-state index contributed by atoms with van der Waals surface area (Å²) in [5.74, 6) is 0. The Labute approximate surface area is 63.9 Å². The van der Waals surface area contributed by atoms with E-state index in [0.717, 1.165) is 5.56 Å². The maximum atomic E-state index is 8.45. The van der Waals surface area contributed by atoms with Crippen molar-refractivity contribution in [2.75, 3.05) is 0 Å². The van der Waals surface area contributed by atoms with Gasteiger partial charge in [0.2, 0.25) is 0 Å². The molecular formula is C5H7O3PS. The van der Waals surface area contributed by atoms with Gasteiger partial charge in [-0.05, 0) is 18.4 Å². The molecule has 2 N–H and O–H groups in total. The van der Waals surface area contributed by atoms with E-state index in [2.05, 4.69) is 4.52 Å². The van der Waals surface area contributed by atoms with Crippen LogP contribution in [0.4, 0.5) is 0 Å². The van der Waals surface area contributed by atoms with E-state index >= 15 is 0 Å². The SMILES string of the molecule is Cc1ccsc1OP(O)O. The zero-order valence-electron chi connectivity index (χ0n) is 5.31. The van der Waals surface area contributed by atoms with Crippen LogP contribution in [0.2, 0.25) is 0 Å². The van der Waals surface area contributed by atoms with Gasteiger partial charge in [0.1, 0.15) is 0 Å². The van der Waals surface area contributed by atoms with Crippen molar-refractivity contribution in [3.05, 3.63) is 17.0 Å². The summed E-state index contributed by atoms with van der Waals surface area (Å²) in [6, 6.07) is 1.86. The van der Waals surface area contributed by atoms with Gasteiger partial charge in [0.05, 0.1) is 0 Å². The zero-order valence-corrected chi connectivity index (χ0v) is 7.02. The third-order valence-electron chi connectivity index (χ3n) is 0.980. The Bertz CT molecular complexity index is 210. The van der Waals surface area contributed by atoms with E-state index in [1.807, 2.05) is 18.4 Å². The largest absolute Gasteiger partial charge is 0.416 e. The second-order valence-electron chi connectivity index (χ2n) is 1.74. The molecule has 0 bridgehead atoms. The molecule has 1 aromatic heterocycles. The zero-order chi connectivity index (χ0) is 7.56. The van der Waals surface area contributed by atoms with E-state index in [1.54, 1.807) is 0 Å². The molecule has 0 aromatic carbocycles. The van der Waals surface area contributed by atoms with E-state index < -0.39 is 8.60 Å². The van der Waals surface area contributed by atoms with Gasteiger partial charge >= 0.3 is 8.60 Å². The average Bonchev–Trinajstić information content (AvgIpc) is 2.15. The average molecular weight is 178 g/mol. The first kappa shape index (κ1) is 7.95. The van der Waals surface area contributed by atoms with Crippen molar-refractivity contribution in [1.29, 1.82) is 0 Å². The molecule has 1 aromatic rings. The van der Waals surface area contributed by atoms with Gasteiger partial charge < -0.3 is 14.3 Å². The summed E-state index contributed by atoms with van der Waals surface area (Å²) < 4.78 is 4.68. The topological polar surface area (TPSA) is 49.7 Å². The lowest BCUT2D eigenvalue weighted by Gasteiger charge is -2.01. The lowest BCUT2D eigenvalue weighted by molar-refractivity contribution is 0.378. The number of aryl methyl sites for hydroxylation is 1. The molecule has 0 atom stereocenters. The molecule has 0 saturated carbocycles. The van der Waals surface area contributed by atoms with Crippen molar-refractivity contribution < 1.29 is 14.3 Å². The van der Waals surface area contributed by atoms with Crippen LogP contribution in [0.3, 0.4) is 0 Å². The minimum Gasteiger partial charge on any atom is -0.416 e. The molecule has 0 amide bonds. The summed E-state index contributed by atoms with van der Waals surface area (Å²) >= 11 is 1.35. The Hall–Kier alpha value is -0.150. The molecule has 0 saturated heterocycles. The maximum absolute atomic E-state index is 8.45. The van der Waals surface area contributed by atoms with Crippen LogP contribution in [0.5, 0.6) is 5.06 Å². The Morgan fingerprint density at radius 3 is 2.70 bits per heavy atom. The summed E-state index contributed by atoms with van der Waals surface area (Å²) in [6.07, 6.45) is 0. The van der Waals surface area contributed by atoms with Gasteiger partial charge in [-0.25, -0.2) is 0 Å². The number of hydrogen-bond acceptors (Lipinski definition) is 4. The maximum Gasteiger partial charge on any atom is 0.392 e. The molecule has 5 heteroatoms. The van der Waals surface area contributed by atoms with Crippen LogP contribution in [-0.4, -0.2) is 9.79 Å². The van der Waals surface area contributed by atoms with E-state index in [4.69, 9.17) is 9.79 Å². The third kappa shape index (κ3) is 1.92. The van der Waals surface area contributed by atoms with E-state index in [0.29, 0.717) is 5.06 Å². The van der Waals surface area contributed by atoms with Crippen molar-refractivity contribution in [2.24, 2.45) is 0 Å². The van der Waals surface area contributed by atoms with Crippen molar-refractivity contribution in [1.82, 2.24) is 0 Å². The van der Waals surface area contributed by atoms with Crippen molar-refractivity contribution in [3.63, 3.8) is 0 Å². The highest BCUT2D eigenvalue weighted by Gasteiger charge is 2.05. The first-order chi connectivity index (χ1) is 4.70. The van der Waals surface area contributed by atoms with Crippen molar-refractivity contribution >= 4 is 19.9 Å². The van der Waals surface area contributed by atoms with E-state index in [-0.39, 0.29) is 0 Å². The molecule has 1 heterocycles. The van der Waals surface area contributed by atoms with Crippen LogP contribution < -0.4 is 4.52 Å². The normalized spacial score (nSPS) is 10.4. The fourth-order valence-electron chi connectivity index (χ4n) is 0.527. The van der Waals surface area contributed by atoms with Gasteiger partial charge in [0, 0.05) is 5.56 Å². The Balaban J connectivity index is 2.65. The molecule has 0 spiro atoms. The smallest absolute Gasteiger partial charge is 0.392 e. The van der Waals surface area contributed by atoms with Gasteiger partial charge in [-0.1, -0.05) is 0 Å². The minimum atomic E-state index is -2.26. The highest BCUT2D eigenvalue weighted by Crippen LogP contribution is 2.35. The molecule has 0 aliphatic rings. The van der Waals surface area contributed by atoms with Gasteiger partial charge in [0.15, 0.2) is 5.06 Å². The van der Waals surface area contributed by atoms with Gasteiger partial charge in [-0.2, -0.15) is 0 Å². The highest BCUT2D eigenvalue weighted by atomic mass is 32.1. The first-order valence-electron chi connectivity index (χ1n) is 2.60. The van der Waals surface area contributed by atoms with Crippen LogP contribution >= 0.6 is 19.9 Å². The summed E-state index contributed by atoms with van der Waals surface area (Å²) in [4.78, 5) is 16.9. The summed E-state index contributed by atoms with van der Waals surface area (Å²) in [5.41, 5.74) is 0.931. The highest BCUT2D eigenvalue weighted by molar-refractivity contribution is 7.40. The molecule has 56 valence electrons. The second kappa shape index (κ2) is 3.30. The van der Waals surface area contributed by atoms with E-state index in [9.17, 15) is 0 Å². The third-order valence-corrected chi connectivity index (χ3v) is 2.34. The molecular weight excluding hydrogens is 171 g/mol. The Morgan fingerprint density at radius 2 is 2.30 bits per heavy atom. The van der Waals surface area contributed by atoms with Crippen LogP contribution in [0.1, 0.15) is 5.56 Å². The summed E-state index contributed by atoms with van der Waals surface area (Å²) in [7, 11) is -2.26. The Morgan fingerprint density at radius 1 is 1.60 bits per heavy atom.